The molecule has 44 heavy (non-hydrogen) atoms. The van der Waals surface area contributed by atoms with E-state index in [-0.39, 0.29) is 25.3 Å². The van der Waals surface area contributed by atoms with Gasteiger partial charge in [-0.2, -0.15) is 0 Å². The Hall–Kier alpha value is -5.25. The predicted octanol–water partition coefficient (Wildman–Crippen LogP) is 2.42. The summed E-state index contributed by atoms with van der Waals surface area (Å²) in [5.41, 5.74) is 2.84. The molecule has 4 N–H and O–H groups in total. The molecule has 3 aromatic carbocycles. The number of hydrogen-bond acceptors (Lipinski definition) is 5. The molecular weight excluding hydrogens is 558 g/mol. The van der Waals surface area contributed by atoms with Crippen molar-refractivity contribution < 1.29 is 24.0 Å². The second kappa shape index (κ2) is 13.8. The first-order chi connectivity index (χ1) is 21.3. The van der Waals surface area contributed by atoms with Crippen LogP contribution < -0.4 is 21.3 Å². The number of carbonyl (C=O) groups excluding carboxylic acids is 5. The molecule has 0 spiro atoms. The summed E-state index contributed by atoms with van der Waals surface area (Å²) >= 11 is 0. The van der Waals surface area contributed by atoms with E-state index in [0.29, 0.717) is 18.7 Å². The molecule has 3 atom stereocenters. The maximum atomic E-state index is 13.8. The van der Waals surface area contributed by atoms with Crippen LogP contribution in [0.25, 0.3) is 10.9 Å². The van der Waals surface area contributed by atoms with Gasteiger partial charge in [0, 0.05) is 43.4 Å². The topological polar surface area (TPSA) is 138 Å². The molecule has 1 aromatic heterocycles. The Kier molecular flexibility index (Phi) is 9.49. The molecule has 4 aromatic rings. The van der Waals surface area contributed by atoms with Crippen molar-refractivity contribution >= 4 is 40.3 Å². The lowest BCUT2D eigenvalue weighted by atomic mass is 9.94. The van der Waals surface area contributed by atoms with Crippen LogP contribution in [0.1, 0.15) is 34.5 Å². The third-order valence-corrected chi connectivity index (χ3v) is 7.92. The van der Waals surface area contributed by atoms with E-state index in [1.165, 1.54) is 0 Å². The van der Waals surface area contributed by atoms with Gasteiger partial charge in [-0.25, -0.2) is 0 Å². The van der Waals surface area contributed by atoms with Gasteiger partial charge in [0.25, 0.3) is 11.8 Å². The number of hydrogen-bond donors (Lipinski definition) is 4. The highest BCUT2D eigenvalue weighted by molar-refractivity contribution is 6.38. The van der Waals surface area contributed by atoms with E-state index in [2.05, 4.69) is 21.3 Å². The number of aromatic nitrogens is 1. The van der Waals surface area contributed by atoms with Gasteiger partial charge in [0.2, 0.25) is 17.6 Å². The van der Waals surface area contributed by atoms with Crippen molar-refractivity contribution in [2.45, 2.75) is 37.9 Å². The SMILES string of the molecule is Cn1c(C(=O)N[C@@H](Cc2ccccc2)C(=O)NC(C[C@@H]2CCNC2=O)C(=O)C(=O)NCc2ccccc2)cc2ccccc21. The molecule has 5 rings (SSSR count). The van der Waals surface area contributed by atoms with Crippen molar-refractivity contribution in [3.63, 3.8) is 0 Å². The van der Waals surface area contributed by atoms with Gasteiger partial charge in [-0.3, -0.25) is 24.0 Å². The number of fused-ring (bicyclic) bond motifs is 1. The molecule has 0 bridgehead atoms. The lowest BCUT2D eigenvalue weighted by molar-refractivity contribution is -0.141. The van der Waals surface area contributed by atoms with E-state index >= 15 is 0 Å². The van der Waals surface area contributed by atoms with Crippen LogP contribution in [-0.2, 0) is 39.2 Å². The highest BCUT2D eigenvalue weighted by atomic mass is 16.2. The fourth-order valence-corrected chi connectivity index (χ4v) is 5.48. The van der Waals surface area contributed by atoms with E-state index in [0.717, 1.165) is 22.0 Å². The van der Waals surface area contributed by atoms with Crippen LogP contribution in [0.2, 0.25) is 0 Å². The van der Waals surface area contributed by atoms with Crippen molar-refractivity contribution in [3.05, 3.63) is 108 Å². The van der Waals surface area contributed by atoms with E-state index in [1.807, 2.05) is 84.9 Å². The maximum absolute atomic E-state index is 13.8. The highest BCUT2D eigenvalue weighted by Gasteiger charge is 2.35. The number of aryl methyl sites for hydroxylation is 1. The maximum Gasteiger partial charge on any atom is 0.289 e. The van der Waals surface area contributed by atoms with Crippen molar-refractivity contribution in [2.75, 3.05) is 6.54 Å². The third kappa shape index (κ3) is 7.20. The van der Waals surface area contributed by atoms with Gasteiger partial charge in [0.15, 0.2) is 0 Å². The molecule has 2 heterocycles. The first-order valence-corrected chi connectivity index (χ1v) is 14.6. The number of Topliss-reactive ketones (excluding diaryl/α,β-unsaturated/α-hetero) is 1. The van der Waals surface area contributed by atoms with Crippen molar-refractivity contribution in [2.24, 2.45) is 13.0 Å². The minimum atomic E-state index is -1.26. The van der Waals surface area contributed by atoms with Crippen LogP contribution in [0.5, 0.6) is 0 Å². The number of carbonyl (C=O) groups is 5. The number of para-hydroxylation sites is 1. The first kappa shape index (κ1) is 30.2. The summed E-state index contributed by atoms with van der Waals surface area (Å²) in [5.74, 6) is -3.58. The van der Waals surface area contributed by atoms with Crippen molar-refractivity contribution in [1.82, 2.24) is 25.8 Å². The molecule has 1 saturated heterocycles. The monoisotopic (exact) mass is 593 g/mol. The van der Waals surface area contributed by atoms with E-state index in [4.69, 9.17) is 0 Å². The molecule has 226 valence electrons. The summed E-state index contributed by atoms with van der Waals surface area (Å²) in [4.78, 5) is 66.1. The number of nitrogens with zero attached hydrogens (tertiary/aromatic N) is 1. The zero-order chi connectivity index (χ0) is 31.1. The van der Waals surface area contributed by atoms with E-state index < -0.39 is 41.5 Å². The van der Waals surface area contributed by atoms with E-state index in [9.17, 15) is 24.0 Å². The Labute approximate surface area is 255 Å². The second-order valence-corrected chi connectivity index (χ2v) is 11.0. The minimum Gasteiger partial charge on any atom is -0.356 e. The summed E-state index contributed by atoms with van der Waals surface area (Å²) < 4.78 is 1.75. The van der Waals surface area contributed by atoms with Gasteiger partial charge in [0.05, 0.1) is 6.04 Å². The van der Waals surface area contributed by atoms with Gasteiger partial charge >= 0.3 is 0 Å². The highest BCUT2D eigenvalue weighted by Crippen LogP contribution is 2.20. The summed E-state index contributed by atoms with van der Waals surface area (Å²) in [6, 6.07) is 25.3. The molecule has 0 aliphatic carbocycles. The zero-order valence-electron chi connectivity index (χ0n) is 24.4. The van der Waals surface area contributed by atoms with Gasteiger partial charge < -0.3 is 25.8 Å². The van der Waals surface area contributed by atoms with Crippen LogP contribution in [0, 0.1) is 5.92 Å². The van der Waals surface area contributed by atoms with Crippen molar-refractivity contribution in [1.29, 1.82) is 0 Å². The molecule has 0 radical (unpaired) electrons. The summed E-state index contributed by atoms with van der Waals surface area (Å²) in [6.45, 7) is 0.587. The number of rotatable bonds is 12. The smallest absolute Gasteiger partial charge is 0.289 e. The Morgan fingerprint density at radius 3 is 2.18 bits per heavy atom. The molecule has 1 unspecified atom stereocenters. The van der Waals surface area contributed by atoms with Crippen molar-refractivity contribution in [3.8, 4) is 0 Å². The zero-order valence-corrected chi connectivity index (χ0v) is 24.4. The Morgan fingerprint density at radius 2 is 1.52 bits per heavy atom. The van der Waals surface area contributed by atoms with Crippen LogP contribution >= 0.6 is 0 Å². The number of amides is 4. The van der Waals surface area contributed by atoms with Gasteiger partial charge in [0.1, 0.15) is 11.7 Å². The quantitative estimate of drug-likeness (QED) is 0.187. The molecule has 0 saturated carbocycles. The van der Waals surface area contributed by atoms with Gasteiger partial charge in [-0.1, -0.05) is 78.9 Å². The minimum absolute atomic E-state index is 0.0373. The van der Waals surface area contributed by atoms with Crippen LogP contribution in [0.15, 0.2) is 91.0 Å². The van der Waals surface area contributed by atoms with Gasteiger partial charge in [-0.15, -0.1) is 0 Å². The molecule has 1 fully saturated rings. The average Bonchev–Trinajstić information content (AvgIpc) is 3.61. The molecule has 1 aliphatic heterocycles. The third-order valence-electron chi connectivity index (χ3n) is 7.92. The molecule has 4 amide bonds. The summed E-state index contributed by atoms with van der Waals surface area (Å²) in [7, 11) is 1.78. The lowest BCUT2D eigenvalue weighted by Crippen LogP contribution is -2.55. The Bertz CT molecular complexity index is 1670. The fraction of sp³-hybridized carbons (Fsp3) is 0.265. The average molecular weight is 594 g/mol. The van der Waals surface area contributed by atoms with Crippen LogP contribution in [0.4, 0.5) is 0 Å². The van der Waals surface area contributed by atoms with Gasteiger partial charge in [-0.05, 0) is 36.1 Å². The molecule has 10 heteroatoms. The molecule has 10 nitrogen and oxygen atoms in total. The Balaban J connectivity index is 1.36. The standard InChI is InChI=1S/C34H35N5O5/c1-39-28-15-9-8-14-24(28)20-29(39)33(43)38-27(18-22-10-4-2-5-11-22)32(42)37-26(19-25-16-17-35-31(25)41)30(40)34(44)36-21-23-12-6-3-7-13-23/h2-15,20,25-27H,16-19,21H2,1H3,(H,35,41)(H,36,44)(H,37,42)(H,38,43)/t25-,26?,27-/m0/s1. The molecule has 1 aliphatic rings. The number of ketones is 1. The van der Waals surface area contributed by atoms with E-state index in [1.54, 1.807) is 17.7 Å². The van der Waals surface area contributed by atoms with Crippen LogP contribution in [-0.4, -0.2) is 52.6 Å². The second-order valence-electron chi connectivity index (χ2n) is 11.0. The molecular formula is C34H35N5O5. The normalized spacial score (nSPS) is 15.7. The number of nitrogens with one attached hydrogen (secondary N) is 4. The lowest BCUT2D eigenvalue weighted by Gasteiger charge is -2.24. The summed E-state index contributed by atoms with van der Waals surface area (Å²) in [6.07, 6.45) is 0.590. The largest absolute Gasteiger partial charge is 0.356 e. The summed E-state index contributed by atoms with van der Waals surface area (Å²) in [5, 5.41) is 11.8. The van der Waals surface area contributed by atoms with Crippen LogP contribution in [0.3, 0.4) is 0 Å². The number of benzene rings is 3. The fourth-order valence-electron chi connectivity index (χ4n) is 5.48. The Morgan fingerprint density at radius 1 is 0.864 bits per heavy atom. The first-order valence-electron chi connectivity index (χ1n) is 14.6. The predicted molar refractivity (Wildman–Crippen MR) is 165 cm³/mol.